The van der Waals surface area contributed by atoms with Crippen molar-refractivity contribution < 1.29 is 4.52 Å². The van der Waals surface area contributed by atoms with Crippen molar-refractivity contribution in [3.05, 3.63) is 29.6 Å². The van der Waals surface area contributed by atoms with Crippen LogP contribution < -0.4 is 5.73 Å². The van der Waals surface area contributed by atoms with Crippen LogP contribution >= 0.6 is 23.1 Å². The van der Waals surface area contributed by atoms with Crippen LogP contribution in [0.5, 0.6) is 0 Å². The molecule has 20 heavy (non-hydrogen) atoms. The Morgan fingerprint density at radius 3 is 3.25 bits per heavy atom. The lowest BCUT2D eigenvalue weighted by Crippen LogP contribution is -2.11. The number of rotatable bonds is 5. The monoisotopic (exact) mass is 306 g/mol. The summed E-state index contributed by atoms with van der Waals surface area (Å²) in [6, 6.07) is 3.81. The summed E-state index contributed by atoms with van der Waals surface area (Å²) in [5.74, 6) is 2.00. The number of fused-ring (bicyclic) bond motifs is 1. The van der Waals surface area contributed by atoms with Gasteiger partial charge in [0.2, 0.25) is 11.7 Å². The van der Waals surface area contributed by atoms with E-state index in [2.05, 4.69) is 15.1 Å². The quantitative estimate of drug-likeness (QED) is 0.780. The molecule has 3 aromatic rings. The molecule has 0 bridgehead atoms. The third kappa shape index (κ3) is 2.70. The number of hydrogen-bond acceptors (Lipinski definition) is 7. The summed E-state index contributed by atoms with van der Waals surface area (Å²) in [6.45, 7) is 0. The molecule has 7 heteroatoms. The van der Waals surface area contributed by atoms with E-state index in [-0.39, 0.29) is 6.04 Å². The number of nitrogens with zero attached hydrogens (tertiary/aromatic N) is 3. The first-order chi connectivity index (χ1) is 9.78. The standard InChI is InChI=1S/C13H14N4OS2/c1-19-4-2-9(14)13-16-12(17-18-13)8-6-11-10(15-7-8)3-5-20-11/h3,5-7,9H,2,4,14H2,1H3/t9-/m1/s1. The molecule has 104 valence electrons. The van der Waals surface area contributed by atoms with E-state index in [0.717, 1.165) is 28.0 Å². The maximum Gasteiger partial charge on any atom is 0.243 e. The summed E-state index contributed by atoms with van der Waals surface area (Å²) in [7, 11) is 0. The Kier molecular flexibility index (Phi) is 4.00. The van der Waals surface area contributed by atoms with Crippen molar-refractivity contribution in [2.45, 2.75) is 12.5 Å². The summed E-state index contributed by atoms with van der Waals surface area (Å²) in [5, 5.41) is 6.01. The molecule has 0 aliphatic heterocycles. The Labute approximate surface area is 124 Å². The summed E-state index contributed by atoms with van der Waals surface area (Å²) >= 11 is 3.40. The fourth-order valence-corrected chi connectivity index (χ4v) is 3.11. The summed E-state index contributed by atoms with van der Waals surface area (Å²) < 4.78 is 6.36. The highest BCUT2D eigenvalue weighted by Gasteiger charge is 2.15. The largest absolute Gasteiger partial charge is 0.337 e. The molecule has 0 saturated heterocycles. The molecule has 0 spiro atoms. The number of thiophene rings is 1. The van der Waals surface area contributed by atoms with Gasteiger partial charge in [0, 0.05) is 11.8 Å². The SMILES string of the molecule is CSCC[C@@H](N)c1nc(-c2cnc3ccsc3c2)no1. The van der Waals surface area contributed by atoms with Gasteiger partial charge in [-0.1, -0.05) is 5.16 Å². The van der Waals surface area contributed by atoms with E-state index in [1.54, 1.807) is 29.3 Å². The van der Waals surface area contributed by atoms with Gasteiger partial charge in [-0.15, -0.1) is 11.3 Å². The van der Waals surface area contributed by atoms with Crippen LogP contribution in [0.2, 0.25) is 0 Å². The molecule has 0 radical (unpaired) electrons. The molecule has 0 aromatic carbocycles. The predicted molar refractivity (Wildman–Crippen MR) is 82.8 cm³/mol. The van der Waals surface area contributed by atoms with Crippen molar-refractivity contribution in [1.29, 1.82) is 0 Å². The highest BCUT2D eigenvalue weighted by molar-refractivity contribution is 7.98. The Morgan fingerprint density at radius 2 is 2.40 bits per heavy atom. The Balaban J connectivity index is 1.85. The average molecular weight is 306 g/mol. The minimum atomic E-state index is -0.206. The molecule has 0 unspecified atom stereocenters. The molecule has 0 aliphatic rings. The zero-order valence-corrected chi connectivity index (χ0v) is 12.6. The summed E-state index contributed by atoms with van der Waals surface area (Å²) in [6.07, 6.45) is 4.63. The van der Waals surface area contributed by atoms with Gasteiger partial charge >= 0.3 is 0 Å². The van der Waals surface area contributed by atoms with Crippen molar-refractivity contribution in [2.75, 3.05) is 12.0 Å². The minimum Gasteiger partial charge on any atom is -0.337 e. The molecule has 3 aromatic heterocycles. The van der Waals surface area contributed by atoms with Gasteiger partial charge in [0.05, 0.1) is 16.3 Å². The number of nitrogens with two attached hydrogens (primary N) is 1. The zero-order valence-electron chi connectivity index (χ0n) is 10.9. The second-order valence-corrected chi connectivity index (χ2v) is 6.31. The van der Waals surface area contributed by atoms with Gasteiger partial charge < -0.3 is 10.3 Å². The second-order valence-electron chi connectivity index (χ2n) is 4.37. The molecule has 3 rings (SSSR count). The van der Waals surface area contributed by atoms with Crippen LogP contribution in [-0.2, 0) is 0 Å². The first-order valence-corrected chi connectivity index (χ1v) is 8.47. The van der Waals surface area contributed by atoms with E-state index in [4.69, 9.17) is 10.3 Å². The van der Waals surface area contributed by atoms with E-state index < -0.39 is 0 Å². The lowest BCUT2D eigenvalue weighted by molar-refractivity contribution is 0.353. The Bertz CT molecular complexity index is 709. The lowest BCUT2D eigenvalue weighted by Gasteiger charge is -2.03. The predicted octanol–water partition coefficient (Wildman–Crippen LogP) is 3.10. The molecular weight excluding hydrogens is 292 g/mol. The molecule has 1 atom stereocenters. The van der Waals surface area contributed by atoms with Crippen LogP contribution in [0, 0.1) is 0 Å². The van der Waals surface area contributed by atoms with Crippen LogP contribution in [0.15, 0.2) is 28.2 Å². The fourth-order valence-electron chi connectivity index (χ4n) is 1.84. The van der Waals surface area contributed by atoms with Crippen molar-refractivity contribution in [1.82, 2.24) is 15.1 Å². The van der Waals surface area contributed by atoms with Crippen molar-refractivity contribution in [2.24, 2.45) is 5.73 Å². The van der Waals surface area contributed by atoms with Gasteiger partial charge in [0.25, 0.3) is 0 Å². The van der Waals surface area contributed by atoms with Gasteiger partial charge in [-0.25, -0.2) is 0 Å². The van der Waals surface area contributed by atoms with Crippen LogP contribution in [0.4, 0.5) is 0 Å². The van der Waals surface area contributed by atoms with Crippen molar-refractivity contribution in [3.8, 4) is 11.4 Å². The van der Waals surface area contributed by atoms with Crippen molar-refractivity contribution >= 4 is 33.3 Å². The highest BCUT2D eigenvalue weighted by atomic mass is 32.2. The molecule has 0 aliphatic carbocycles. The second kappa shape index (κ2) is 5.90. The van der Waals surface area contributed by atoms with E-state index in [9.17, 15) is 0 Å². The first kappa shape index (κ1) is 13.5. The van der Waals surface area contributed by atoms with Crippen LogP contribution in [0.3, 0.4) is 0 Å². The number of aromatic nitrogens is 3. The normalized spacial score (nSPS) is 12.9. The Morgan fingerprint density at radius 1 is 1.50 bits per heavy atom. The molecule has 0 saturated carbocycles. The minimum absolute atomic E-state index is 0.206. The van der Waals surface area contributed by atoms with Crippen molar-refractivity contribution in [3.63, 3.8) is 0 Å². The van der Waals surface area contributed by atoms with Gasteiger partial charge in [0.15, 0.2) is 0 Å². The van der Waals surface area contributed by atoms with E-state index >= 15 is 0 Å². The van der Waals surface area contributed by atoms with Gasteiger partial charge in [-0.05, 0) is 35.9 Å². The van der Waals surface area contributed by atoms with Gasteiger partial charge in [-0.2, -0.15) is 16.7 Å². The maximum absolute atomic E-state index is 6.02. The fraction of sp³-hybridized carbons (Fsp3) is 0.308. The smallest absolute Gasteiger partial charge is 0.243 e. The zero-order chi connectivity index (χ0) is 13.9. The highest BCUT2D eigenvalue weighted by Crippen LogP contribution is 2.25. The number of pyridine rings is 1. The summed E-state index contributed by atoms with van der Waals surface area (Å²) in [4.78, 5) is 8.75. The molecule has 3 heterocycles. The lowest BCUT2D eigenvalue weighted by atomic mass is 10.2. The number of hydrogen-bond donors (Lipinski definition) is 1. The molecule has 0 fully saturated rings. The molecular formula is C13H14N4OS2. The van der Waals surface area contributed by atoms with E-state index in [0.29, 0.717) is 11.7 Å². The average Bonchev–Trinajstić information content (AvgIpc) is 3.12. The maximum atomic E-state index is 6.02. The van der Waals surface area contributed by atoms with Crippen LogP contribution in [0.25, 0.3) is 21.6 Å². The van der Waals surface area contributed by atoms with E-state index in [1.165, 1.54) is 0 Å². The summed E-state index contributed by atoms with van der Waals surface area (Å²) in [5.41, 5.74) is 7.86. The molecule has 0 amide bonds. The van der Waals surface area contributed by atoms with Crippen LogP contribution in [0.1, 0.15) is 18.4 Å². The van der Waals surface area contributed by atoms with Crippen LogP contribution in [-0.4, -0.2) is 27.1 Å². The third-order valence-electron chi connectivity index (χ3n) is 2.95. The van der Waals surface area contributed by atoms with Gasteiger partial charge in [0.1, 0.15) is 0 Å². The topological polar surface area (TPSA) is 77.8 Å². The Hall–Kier alpha value is -1.44. The van der Waals surface area contributed by atoms with E-state index in [1.807, 2.05) is 23.8 Å². The number of thioether (sulfide) groups is 1. The van der Waals surface area contributed by atoms with Gasteiger partial charge in [-0.3, -0.25) is 4.98 Å². The third-order valence-corrected chi connectivity index (χ3v) is 4.45. The molecule has 2 N–H and O–H groups in total. The molecule has 5 nitrogen and oxygen atoms in total. The first-order valence-electron chi connectivity index (χ1n) is 6.19.